The van der Waals surface area contributed by atoms with Crippen LogP contribution in [-0.2, 0) is 7.05 Å². The number of hydrogen-bond acceptors (Lipinski definition) is 1. The molecule has 1 aromatic carbocycles. The number of benzene rings is 1. The van der Waals surface area contributed by atoms with Crippen molar-refractivity contribution in [3.63, 3.8) is 0 Å². The SMILES string of the molecule is Cc1ccccc1-c1cnn(C)c1. The fourth-order valence-electron chi connectivity index (χ4n) is 1.46. The highest BCUT2D eigenvalue weighted by Crippen LogP contribution is 2.21. The molecule has 0 saturated carbocycles. The van der Waals surface area contributed by atoms with Gasteiger partial charge in [0.1, 0.15) is 0 Å². The summed E-state index contributed by atoms with van der Waals surface area (Å²) >= 11 is 0. The highest BCUT2D eigenvalue weighted by atomic mass is 15.2. The third-order valence-electron chi connectivity index (χ3n) is 2.16. The molecule has 0 radical (unpaired) electrons. The second-order valence-corrected chi connectivity index (χ2v) is 3.22. The Balaban J connectivity index is 2.52. The Hall–Kier alpha value is -1.57. The third kappa shape index (κ3) is 1.47. The predicted octanol–water partition coefficient (Wildman–Crippen LogP) is 2.40. The van der Waals surface area contributed by atoms with Gasteiger partial charge in [-0.2, -0.15) is 5.10 Å². The maximum absolute atomic E-state index is 4.15. The van der Waals surface area contributed by atoms with Gasteiger partial charge >= 0.3 is 0 Å². The van der Waals surface area contributed by atoms with Gasteiger partial charge in [-0.05, 0) is 18.1 Å². The van der Waals surface area contributed by atoms with Gasteiger partial charge in [-0.3, -0.25) is 4.68 Å². The lowest BCUT2D eigenvalue weighted by molar-refractivity contribution is 0.768. The second-order valence-electron chi connectivity index (χ2n) is 3.22. The minimum atomic E-state index is 1.18. The molecular weight excluding hydrogens is 160 g/mol. The van der Waals surface area contributed by atoms with Crippen molar-refractivity contribution in [2.45, 2.75) is 6.92 Å². The number of rotatable bonds is 1. The molecule has 2 aromatic rings. The molecule has 0 spiro atoms. The Kier molecular flexibility index (Phi) is 1.89. The zero-order chi connectivity index (χ0) is 9.26. The molecular formula is C11H12N2. The normalized spacial score (nSPS) is 10.3. The minimum absolute atomic E-state index is 1.18. The molecule has 0 aliphatic heterocycles. The lowest BCUT2D eigenvalue weighted by Gasteiger charge is -2.00. The second kappa shape index (κ2) is 3.05. The number of nitrogens with zero attached hydrogens (tertiary/aromatic N) is 2. The molecule has 13 heavy (non-hydrogen) atoms. The number of aryl methyl sites for hydroxylation is 2. The first-order valence-corrected chi connectivity index (χ1v) is 4.32. The predicted molar refractivity (Wildman–Crippen MR) is 53.4 cm³/mol. The largest absolute Gasteiger partial charge is 0.275 e. The molecule has 0 N–H and O–H groups in total. The molecule has 0 saturated heterocycles. The summed E-state index contributed by atoms with van der Waals surface area (Å²) in [7, 11) is 1.93. The van der Waals surface area contributed by atoms with Crippen LogP contribution in [0.15, 0.2) is 36.7 Å². The molecule has 0 aliphatic carbocycles. The Labute approximate surface area is 77.8 Å². The van der Waals surface area contributed by atoms with E-state index in [1.165, 1.54) is 16.7 Å². The van der Waals surface area contributed by atoms with Crippen molar-refractivity contribution in [1.29, 1.82) is 0 Å². The summed E-state index contributed by atoms with van der Waals surface area (Å²) in [4.78, 5) is 0. The summed E-state index contributed by atoms with van der Waals surface area (Å²) in [6.45, 7) is 2.11. The summed E-state index contributed by atoms with van der Waals surface area (Å²) in [5.74, 6) is 0. The van der Waals surface area contributed by atoms with Crippen molar-refractivity contribution in [3.05, 3.63) is 42.2 Å². The smallest absolute Gasteiger partial charge is 0.0568 e. The van der Waals surface area contributed by atoms with Crippen molar-refractivity contribution in [2.75, 3.05) is 0 Å². The lowest BCUT2D eigenvalue weighted by Crippen LogP contribution is -1.84. The van der Waals surface area contributed by atoms with Gasteiger partial charge in [0.05, 0.1) is 6.20 Å². The Morgan fingerprint density at radius 3 is 2.62 bits per heavy atom. The van der Waals surface area contributed by atoms with Gasteiger partial charge in [0.25, 0.3) is 0 Å². The zero-order valence-electron chi connectivity index (χ0n) is 7.86. The van der Waals surface area contributed by atoms with Crippen LogP contribution in [-0.4, -0.2) is 9.78 Å². The monoisotopic (exact) mass is 172 g/mol. The summed E-state index contributed by atoms with van der Waals surface area (Å²) in [5.41, 5.74) is 3.73. The molecule has 1 heterocycles. The van der Waals surface area contributed by atoms with E-state index in [1.54, 1.807) is 0 Å². The standard InChI is InChI=1S/C11H12N2/c1-9-5-3-4-6-11(9)10-7-12-13(2)8-10/h3-8H,1-2H3. The molecule has 0 bridgehead atoms. The lowest BCUT2D eigenvalue weighted by atomic mass is 10.0. The fourth-order valence-corrected chi connectivity index (χ4v) is 1.46. The van der Waals surface area contributed by atoms with Gasteiger partial charge in [0, 0.05) is 18.8 Å². The van der Waals surface area contributed by atoms with Crippen LogP contribution in [0, 0.1) is 6.92 Å². The van der Waals surface area contributed by atoms with Crippen molar-refractivity contribution < 1.29 is 0 Å². The van der Waals surface area contributed by atoms with Crippen LogP contribution in [0.25, 0.3) is 11.1 Å². The van der Waals surface area contributed by atoms with E-state index in [9.17, 15) is 0 Å². The van der Waals surface area contributed by atoms with E-state index in [0.29, 0.717) is 0 Å². The first-order valence-electron chi connectivity index (χ1n) is 4.32. The van der Waals surface area contributed by atoms with Crippen LogP contribution < -0.4 is 0 Å². The van der Waals surface area contributed by atoms with Gasteiger partial charge in [-0.1, -0.05) is 24.3 Å². The molecule has 2 rings (SSSR count). The van der Waals surface area contributed by atoms with Crippen molar-refractivity contribution >= 4 is 0 Å². The molecule has 0 amide bonds. The first kappa shape index (κ1) is 8.05. The highest BCUT2D eigenvalue weighted by Gasteiger charge is 2.01. The van der Waals surface area contributed by atoms with E-state index in [0.717, 1.165) is 0 Å². The summed E-state index contributed by atoms with van der Waals surface area (Å²) in [6.07, 6.45) is 3.92. The topological polar surface area (TPSA) is 17.8 Å². The Morgan fingerprint density at radius 1 is 1.23 bits per heavy atom. The van der Waals surface area contributed by atoms with Crippen molar-refractivity contribution in [1.82, 2.24) is 9.78 Å². The fraction of sp³-hybridized carbons (Fsp3) is 0.182. The highest BCUT2D eigenvalue weighted by molar-refractivity contribution is 5.65. The van der Waals surface area contributed by atoms with Gasteiger partial charge < -0.3 is 0 Å². The van der Waals surface area contributed by atoms with E-state index in [2.05, 4.69) is 36.3 Å². The minimum Gasteiger partial charge on any atom is -0.275 e. The van der Waals surface area contributed by atoms with E-state index in [-0.39, 0.29) is 0 Å². The molecule has 1 aromatic heterocycles. The number of aromatic nitrogens is 2. The molecule has 2 nitrogen and oxygen atoms in total. The molecule has 0 aliphatic rings. The Morgan fingerprint density at radius 2 is 2.00 bits per heavy atom. The van der Waals surface area contributed by atoms with E-state index >= 15 is 0 Å². The summed E-state index contributed by atoms with van der Waals surface area (Å²) in [6, 6.07) is 8.33. The number of hydrogen-bond donors (Lipinski definition) is 0. The molecule has 0 fully saturated rings. The van der Waals surface area contributed by atoms with E-state index in [1.807, 2.05) is 24.1 Å². The maximum Gasteiger partial charge on any atom is 0.0568 e. The van der Waals surface area contributed by atoms with Crippen molar-refractivity contribution in [3.8, 4) is 11.1 Å². The van der Waals surface area contributed by atoms with E-state index in [4.69, 9.17) is 0 Å². The Bertz CT molecular complexity index is 416. The van der Waals surface area contributed by atoms with Gasteiger partial charge in [-0.15, -0.1) is 0 Å². The molecule has 66 valence electrons. The van der Waals surface area contributed by atoms with Gasteiger partial charge in [0.15, 0.2) is 0 Å². The average molecular weight is 172 g/mol. The van der Waals surface area contributed by atoms with Crippen LogP contribution in [0.2, 0.25) is 0 Å². The summed E-state index contributed by atoms with van der Waals surface area (Å²) in [5, 5.41) is 4.15. The maximum atomic E-state index is 4.15. The van der Waals surface area contributed by atoms with Crippen LogP contribution >= 0.6 is 0 Å². The quantitative estimate of drug-likeness (QED) is 0.645. The first-order chi connectivity index (χ1) is 6.27. The summed E-state index contributed by atoms with van der Waals surface area (Å²) < 4.78 is 1.82. The van der Waals surface area contributed by atoms with Crippen molar-refractivity contribution in [2.24, 2.45) is 7.05 Å². The molecule has 2 heteroatoms. The van der Waals surface area contributed by atoms with Gasteiger partial charge in [0.2, 0.25) is 0 Å². The zero-order valence-corrected chi connectivity index (χ0v) is 7.86. The molecule has 0 atom stereocenters. The van der Waals surface area contributed by atoms with E-state index < -0.39 is 0 Å². The van der Waals surface area contributed by atoms with Crippen LogP contribution in [0.4, 0.5) is 0 Å². The van der Waals surface area contributed by atoms with Crippen LogP contribution in [0.5, 0.6) is 0 Å². The van der Waals surface area contributed by atoms with Crippen LogP contribution in [0.3, 0.4) is 0 Å². The van der Waals surface area contributed by atoms with Gasteiger partial charge in [-0.25, -0.2) is 0 Å². The average Bonchev–Trinajstić information content (AvgIpc) is 2.53. The van der Waals surface area contributed by atoms with Crippen LogP contribution in [0.1, 0.15) is 5.56 Å². The molecule has 0 unspecified atom stereocenters. The third-order valence-corrected chi connectivity index (χ3v) is 2.16.